The number of piperazine rings is 1. The van der Waals surface area contributed by atoms with E-state index in [1.165, 1.54) is 16.9 Å². The smallest absolute Gasteiger partial charge is 0.142 e. The van der Waals surface area contributed by atoms with Crippen molar-refractivity contribution in [2.24, 2.45) is 0 Å². The first kappa shape index (κ1) is 17.0. The summed E-state index contributed by atoms with van der Waals surface area (Å²) in [5.74, 6) is 1.54. The highest BCUT2D eigenvalue weighted by molar-refractivity contribution is 6.17. The molecular formula is C20H25ClN2O. The molecule has 2 aromatic carbocycles. The van der Waals surface area contributed by atoms with Gasteiger partial charge in [-0.15, -0.1) is 11.6 Å². The molecule has 0 atom stereocenters. The molecular weight excluding hydrogens is 320 g/mol. The van der Waals surface area contributed by atoms with Crippen molar-refractivity contribution in [3.05, 3.63) is 54.1 Å². The molecule has 0 aliphatic carbocycles. The van der Waals surface area contributed by atoms with E-state index in [-0.39, 0.29) is 6.10 Å². The highest BCUT2D eigenvalue weighted by atomic mass is 35.5. The first-order valence-electron chi connectivity index (χ1n) is 8.58. The second kappa shape index (κ2) is 7.80. The van der Waals surface area contributed by atoms with Crippen molar-refractivity contribution < 1.29 is 4.74 Å². The third-order valence-corrected chi connectivity index (χ3v) is 4.59. The first-order valence-corrected chi connectivity index (χ1v) is 9.11. The fourth-order valence-electron chi connectivity index (χ4n) is 3.11. The molecule has 0 unspecified atom stereocenters. The highest BCUT2D eigenvalue weighted by Gasteiger charge is 2.20. The Hall–Kier alpha value is -1.87. The fraction of sp³-hybridized carbons (Fsp3) is 0.400. The van der Waals surface area contributed by atoms with Gasteiger partial charge in [-0.3, -0.25) is 0 Å². The van der Waals surface area contributed by atoms with E-state index in [2.05, 4.69) is 66.1 Å². The standard InChI is InChI=1S/C20H25ClN2O/c1-16(2)24-20-9-4-3-8-19(20)23-12-10-22(11-13-23)18-7-5-6-17(14-18)15-21/h3-9,14,16H,10-13,15H2,1-2H3. The Balaban J connectivity index is 1.69. The van der Waals surface area contributed by atoms with Crippen molar-refractivity contribution in [3.63, 3.8) is 0 Å². The molecule has 0 spiro atoms. The molecule has 0 amide bonds. The minimum absolute atomic E-state index is 0.186. The summed E-state index contributed by atoms with van der Waals surface area (Å²) >= 11 is 5.96. The van der Waals surface area contributed by atoms with E-state index in [1.54, 1.807) is 0 Å². The molecule has 1 aliphatic heterocycles. The Morgan fingerprint density at radius 3 is 2.38 bits per heavy atom. The first-order chi connectivity index (χ1) is 11.7. The van der Waals surface area contributed by atoms with Gasteiger partial charge in [0.1, 0.15) is 5.75 Å². The summed E-state index contributed by atoms with van der Waals surface area (Å²) in [6.45, 7) is 8.12. The summed E-state index contributed by atoms with van der Waals surface area (Å²) in [5.41, 5.74) is 3.63. The van der Waals surface area contributed by atoms with E-state index in [9.17, 15) is 0 Å². The number of alkyl halides is 1. The zero-order chi connectivity index (χ0) is 16.9. The summed E-state index contributed by atoms with van der Waals surface area (Å²) in [6, 6.07) is 16.9. The molecule has 3 nitrogen and oxygen atoms in total. The van der Waals surface area contributed by atoms with Crippen LogP contribution in [0.5, 0.6) is 5.75 Å². The van der Waals surface area contributed by atoms with Crippen LogP contribution in [-0.2, 0) is 5.88 Å². The van der Waals surface area contributed by atoms with Gasteiger partial charge in [0, 0.05) is 37.7 Å². The number of rotatable bonds is 5. The average molecular weight is 345 g/mol. The largest absolute Gasteiger partial charge is 0.489 e. The predicted octanol–water partition coefficient (Wildman–Crippen LogP) is 4.54. The maximum atomic E-state index is 5.97. The van der Waals surface area contributed by atoms with Crippen molar-refractivity contribution in [3.8, 4) is 5.75 Å². The molecule has 3 rings (SSSR count). The molecule has 0 bridgehead atoms. The van der Waals surface area contributed by atoms with Crippen LogP contribution < -0.4 is 14.5 Å². The topological polar surface area (TPSA) is 15.7 Å². The van der Waals surface area contributed by atoms with Gasteiger partial charge >= 0.3 is 0 Å². The molecule has 0 N–H and O–H groups in total. The Morgan fingerprint density at radius 2 is 1.67 bits per heavy atom. The van der Waals surface area contributed by atoms with Gasteiger partial charge in [-0.05, 0) is 43.7 Å². The van der Waals surface area contributed by atoms with E-state index in [4.69, 9.17) is 16.3 Å². The Kier molecular flexibility index (Phi) is 5.52. The number of hydrogen-bond acceptors (Lipinski definition) is 3. The summed E-state index contributed by atoms with van der Waals surface area (Å²) in [5, 5.41) is 0. The SMILES string of the molecule is CC(C)Oc1ccccc1N1CCN(c2cccc(CCl)c2)CC1. The number of nitrogens with zero attached hydrogens (tertiary/aromatic N) is 2. The lowest BCUT2D eigenvalue weighted by Gasteiger charge is -2.38. The molecule has 0 radical (unpaired) electrons. The van der Waals surface area contributed by atoms with E-state index in [0.29, 0.717) is 5.88 Å². The van der Waals surface area contributed by atoms with Gasteiger partial charge in [-0.25, -0.2) is 0 Å². The molecule has 1 aliphatic rings. The van der Waals surface area contributed by atoms with Crippen molar-refractivity contribution >= 4 is 23.0 Å². The summed E-state index contributed by atoms with van der Waals surface area (Å²) in [4.78, 5) is 4.85. The minimum Gasteiger partial charge on any atom is -0.489 e. The molecule has 1 heterocycles. The zero-order valence-electron chi connectivity index (χ0n) is 14.4. The second-order valence-corrected chi connectivity index (χ2v) is 6.68. The van der Waals surface area contributed by atoms with Crippen molar-refractivity contribution in [1.82, 2.24) is 0 Å². The lowest BCUT2D eigenvalue weighted by atomic mass is 10.1. The van der Waals surface area contributed by atoms with Crippen LogP contribution in [0.2, 0.25) is 0 Å². The van der Waals surface area contributed by atoms with Gasteiger partial charge in [0.2, 0.25) is 0 Å². The van der Waals surface area contributed by atoms with Crippen LogP contribution >= 0.6 is 11.6 Å². The van der Waals surface area contributed by atoms with E-state index >= 15 is 0 Å². The number of ether oxygens (including phenoxy) is 1. The van der Waals surface area contributed by atoms with Gasteiger partial charge in [0.05, 0.1) is 11.8 Å². The minimum atomic E-state index is 0.186. The van der Waals surface area contributed by atoms with Crippen LogP contribution in [-0.4, -0.2) is 32.3 Å². The van der Waals surface area contributed by atoms with Crippen molar-refractivity contribution in [1.29, 1.82) is 0 Å². The van der Waals surface area contributed by atoms with Crippen molar-refractivity contribution in [2.45, 2.75) is 25.8 Å². The third-order valence-electron chi connectivity index (χ3n) is 4.28. The molecule has 24 heavy (non-hydrogen) atoms. The highest BCUT2D eigenvalue weighted by Crippen LogP contribution is 2.30. The van der Waals surface area contributed by atoms with Crippen LogP contribution in [0.15, 0.2) is 48.5 Å². The lowest BCUT2D eigenvalue weighted by molar-refractivity contribution is 0.242. The molecule has 0 saturated carbocycles. The number of benzene rings is 2. The quantitative estimate of drug-likeness (QED) is 0.741. The molecule has 2 aromatic rings. The lowest BCUT2D eigenvalue weighted by Crippen LogP contribution is -2.46. The van der Waals surface area contributed by atoms with Crippen LogP contribution in [0.25, 0.3) is 0 Å². The molecule has 1 saturated heterocycles. The second-order valence-electron chi connectivity index (χ2n) is 6.41. The van der Waals surface area contributed by atoms with Gasteiger partial charge in [-0.1, -0.05) is 24.3 Å². The van der Waals surface area contributed by atoms with Gasteiger partial charge < -0.3 is 14.5 Å². The van der Waals surface area contributed by atoms with Gasteiger partial charge in [-0.2, -0.15) is 0 Å². The molecule has 4 heteroatoms. The van der Waals surface area contributed by atoms with E-state index < -0.39 is 0 Å². The van der Waals surface area contributed by atoms with Crippen LogP contribution in [0.3, 0.4) is 0 Å². The Bertz CT molecular complexity index is 666. The van der Waals surface area contributed by atoms with Gasteiger partial charge in [0.15, 0.2) is 0 Å². The summed E-state index contributed by atoms with van der Waals surface area (Å²) < 4.78 is 5.97. The fourth-order valence-corrected chi connectivity index (χ4v) is 3.28. The monoisotopic (exact) mass is 344 g/mol. The maximum absolute atomic E-state index is 5.97. The molecule has 128 valence electrons. The number of hydrogen-bond donors (Lipinski definition) is 0. The number of anilines is 2. The normalized spacial score (nSPS) is 15.0. The van der Waals surface area contributed by atoms with Crippen LogP contribution in [0.4, 0.5) is 11.4 Å². The van der Waals surface area contributed by atoms with E-state index in [0.717, 1.165) is 31.9 Å². The molecule has 0 aromatic heterocycles. The third kappa shape index (κ3) is 3.96. The number of para-hydroxylation sites is 2. The zero-order valence-corrected chi connectivity index (χ0v) is 15.2. The van der Waals surface area contributed by atoms with E-state index in [1.807, 2.05) is 6.07 Å². The average Bonchev–Trinajstić information content (AvgIpc) is 2.62. The predicted molar refractivity (Wildman–Crippen MR) is 103 cm³/mol. The number of halogens is 1. The Labute approximate surface area is 149 Å². The molecule has 1 fully saturated rings. The summed E-state index contributed by atoms with van der Waals surface area (Å²) in [7, 11) is 0. The van der Waals surface area contributed by atoms with Crippen LogP contribution in [0, 0.1) is 0 Å². The Morgan fingerprint density at radius 1 is 0.958 bits per heavy atom. The van der Waals surface area contributed by atoms with Crippen molar-refractivity contribution in [2.75, 3.05) is 36.0 Å². The summed E-state index contributed by atoms with van der Waals surface area (Å²) in [6.07, 6.45) is 0.186. The maximum Gasteiger partial charge on any atom is 0.142 e. The van der Waals surface area contributed by atoms with Gasteiger partial charge in [0.25, 0.3) is 0 Å². The van der Waals surface area contributed by atoms with Crippen LogP contribution in [0.1, 0.15) is 19.4 Å².